The molecule has 1 saturated heterocycles. The van der Waals surface area contributed by atoms with Gasteiger partial charge in [-0.2, -0.15) is 5.26 Å². The molecule has 1 aromatic carbocycles. The van der Waals surface area contributed by atoms with Gasteiger partial charge in [0.2, 0.25) is 0 Å². The van der Waals surface area contributed by atoms with Gasteiger partial charge in [-0.05, 0) is 68.8 Å². The van der Waals surface area contributed by atoms with E-state index < -0.39 is 0 Å². The van der Waals surface area contributed by atoms with Gasteiger partial charge in [-0.25, -0.2) is 0 Å². The standard InChI is InChI=1S/C21H29N3O/c22-16-17-4-3-5-18(14-17)21-7-6-20(19(21)15-21)23-8-1-2-9-24-10-12-25-13-11-24/h3-5,14,19-20,23H,1-2,6-13,15H2/t19-,20-,21-/m1/s1. The predicted molar refractivity (Wildman–Crippen MR) is 98.5 cm³/mol. The van der Waals surface area contributed by atoms with Crippen molar-refractivity contribution >= 4 is 0 Å². The van der Waals surface area contributed by atoms with E-state index in [9.17, 15) is 0 Å². The number of nitrogens with zero attached hydrogens (tertiary/aromatic N) is 2. The third-order valence-corrected chi connectivity index (χ3v) is 6.50. The Morgan fingerprint density at radius 1 is 1.28 bits per heavy atom. The molecule has 0 bridgehead atoms. The minimum atomic E-state index is 0.373. The Hall–Kier alpha value is -1.41. The lowest BCUT2D eigenvalue weighted by molar-refractivity contribution is 0.0372. The van der Waals surface area contributed by atoms with E-state index in [4.69, 9.17) is 10.00 Å². The highest BCUT2D eigenvalue weighted by molar-refractivity contribution is 5.42. The average Bonchev–Trinajstić information content (AvgIpc) is 3.31. The Morgan fingerprint density at radius 3 is 2.96 bits per heavy atom. The van der Waals surface area contributed by atoms with E-state index in [-0.39, 0.29) is 0 Å². The van der Waals surface area contributed by atoms with E-state index in [1.807, 2.05) is 12.1 Å². The normalized spacial score (nSPS) is 31.5. The fourth-order valence-corrected chi connectivity index (χ4v) is 4.95. The second-order valence-corrected chi connectivity index (χ2v) is 7.92. The first-order valence-corrected chi connectivity index (χ1v) is 9.86. The van der Waals surface area contributed by atoms with E-state index in [0.29, 0.717) is 11.5 Å². The van der Waals surface area contributed by atoms with Crippen molar-refractivity contribution in [3.63, 3.8) is 0 Å². The van der Waals surface area contributed by atoms with Gasteiger partial charge in [0.05, 0.1) is 24.8 Å². The van der Waals surface area contributed by atoms with Gasteiger partial charge in [0.1, 0.15) is 0 Å². The van der Waals surface area contributed by atoms with E-state index in [2.05, 4.69) is 28.4 Å². The summed E-state index contributed by atoms with van der Waals surface area (Å²) >= 11 is 0. The summed E-state index contributed by atoms with van der Waals surface area (Å²) in [7, 11) is 0. The monoisotopic (exact) mass is 339 g/mol. The number of nitrogens with one attached hydrogen (secondary N) is 1. The maximum absolute atomic E-state index is 9.14. The number of ether oxygens (including phenoxy) is 1. The number of hydrogen-bond donors (Lipinski definition) is 1. The molecule has 134 valence electrons. The second kappa shape index (κ2) is 7.45. The van der Waals surface area contributed by atoms with Crippen molar-refractivity contribution in [1.82, 2.24) is 10.2 Å². The number of morpholine rings is 1. The van der Waals surface area contributed by atoms with Crippen LogP contribution in [0.3, 0.4) is 0 Å². The highest BCUT2D eigenvalue weighted by Gasteiger charge is 2.62. The van der Waals surface area contributed by atoms with E-state index in [0.717, 1.165) is 44.3 Å². The summed E-state index contributed by atoms with van der Waals surface area (Å²) in [5, 5.41) is 13.0. The quantitative estimate of drug-likeness (QED) is 0.776. The molecule has 0 aromatic heterocycles. The molecule has 4 nitrogen and oxygen atoms in total. The summed E-state index contributed by atoms with van der Waals surface area (Å²) in [5.74, 6) is 0.778. The average molecular weight is 339 g/mol. The second-order valence-electron chi connectivity index (χ2n) is 7.92. The molecule has 3 fully saturated rings. The van der Waals surface area contributed by atoms with Crippen LogP contribution in [-0.2, 0) is 10.2 Å². The number of rotatable bonds is 7. The highest BCUT2D eigenvalue weighted by atomic mass is 16.5. The van der Waals surface area contributed by atoms with Crippen LogP contribution in [0.25, 0.3) is 0 Å². The van der Waals surface area contributed by atoms with E-state index in [1.165, 1.54) is 44.2 Å². The number of unbranched alkanes of at least 4 members (excludes halogenated alkanes) is 1. The molecule has 4 rings (SSSR count). The lowest BCUT2D eigenvalue weighted by Crippen LogP contribution is -2.37. The molecule has 1 aromatic rings. The lowest BCUT2D eigenvalue weighted by Gasteiger charge is -2.26. The van der Waals surface area contributed by atoms with Gasteiger partial charge in [0.15, 0.2) is 0 Å². The largest absolute Gasteiger partial charge is 0.379 e. The van der Waals surface area contributed by atoms with Crippen molar-refractivity contribution in [3.05, 3.63) is 35.4 Å². The van der Waals surface area contributed by atoms with Crippen LogP contribution in [-0.4, -0.2) is 50.3 Å². The van der Waals surface area contributed by atoms with Gasteiger partial charge in [-0.1, -0.05) is 12.1 Å². The van der Waals surface area contributed by atoms with Gasteiger partial charge >= 0.3 is 0 Å². The molecular weight excluding hydrogens is 310 g/mol. The van der Waals surface area contributed by atoms with Crippen LogP contribution in [0.1, 0.15) is 43.2 Å². The first kappa shape index (κ1) is 17.0. The summed E-state index contributed by atoms with van der Waals surface area (Å²) in [6.07, 6.45) is 6.40. The van der Waals surface area contributed by atoms with Crippen molar-refractivity contribution in [2.75, 3.05) is 39.4 Å². The third kappa shape index (κ3) is 3.60. The molecule has 4 heteroatoms. The van der Waals surface area contributed by atoms with E-state index >= 15 is 0 Å². The summed E-state index contributed by atoms with van der Waals surface area (Å²) in [6, 6.07) is 11.3. The summed E-state index contributed by atoms with van der Waals surface area (Å²) in [4.78, 5) is 2.52. The molecule has 1 aliphatic heterocycles. The van der Waals surface area contributed by atoms with Crippen molar-refractivity contribution in [3.8, 4) is 6.07 Å². The molecule has 2 saturated carbocycles. The van der Waals surface area contributed by atoms with Crippen LogP contribution >= 0.6 is 0 Å². The number of fused-ring (bicyclic) bond motifs is 1. The Morgan fingerprint density at radius 2 is 2.16 bits per heavy atom. The molecule has 3 aliphatic rings. The highest BCUT2D eigenvalue weighted by Crippen LogP contribution is 2.64. The number of benzene rings is 1. The maximum atomic E-state index is 9.14. The SMILES string of the molecule is N#Cc1cccc([C@]23CC[C@@H](NCCCCN4CCOCC4)[C@H]2C3)c1. The van der Waals surface area contributed by atoms with Gasteiger partial charge in [-0.3, -0.25) is 4.90 Å². The fourth-order valence-electron chi connectivity index (χ4n) is 4.95. The minimum absolute atomic E-state index is 0.373. The first-order chi connectivity index (χ1) is 12.3. The summed E-state index contributed by atoms with van der Waals surface area (Å²) < 4.78 is 5.40. The van der Waals surface area contributed by atoms with Gasteiger partial charge in [-0.15, -0.1) is 0 Å². The molecule has 0 spiro atoms. The predicted octanol–water partition coefficient (Wildman–Crippen LogP) is 2.68. The van der Waals surface area contributed by atoms with Gasteiger partial charge in [0, 0.05) is 24.5 Å². The summed E-state index contributed by atoms with van der Waals surface area (Å²) in [6.45, 7) is 6.35. The Bertz CT molecular complexity index is 634. The minimum Gasteiger partial charge on any atom is -0.379 e. The van der Waals surface area contributed by atoms with E-state index in [1.54, 1.807) is 0 Å². The molecule has 3 atom stereocenters. The molecule has 25 heavy (non-hydrogen) atoms. The zero-order valence-electron chi connectivity index (χ0n) is 15.0. The topological polar surface area (TPSA) is 48.3 Å². The molecule has 1 heterocycles. The van der Waals surface area contributed by atoms with Crippen molar-refractivity contribution in [2.45, 2.75) is 43.6 Å². The molecule has 2 aliphatic carbocycles. The fraction of sp³-hybridized carbons (Fsp3) is 0.667. The number of nitriles is 1. The van der Waals surface area contributed by atoms with Crippen LogP contribution in [0.4, 0.5) is 0 Å². The Labute approximate surface area is 151 Å². The lowest BCUT2D eigenvalue weighted by atomic mass is 9.92. The van der Waals surface area contributed by atoms with Gasteiger partial charge < -0.3 is 10.1 Å². The van der Waals surface area contributed by atoms with Crippen LogP contribution in [0.5, 0.6) is 0 Å². The van der Waals surface area contributed by atoms with Crippen molar-refractivity contribution < 1.29 is 4.74 Å². The van der Waals surface area contributed by atoms with Crippen LogP contribution in [0, 0.1) is 17.2 Å². The molecule has 1 N–H and O–H groups in total. The zero-order valence-corrected chi connectivity index (χ0v) is 15.0. The van der Waals surface area contributed by atoms with Crippen LogP contribution < -0.4 is 5.32 Å². The molecular formula is C21H29N3O. The molecule has 0 radical (unpaired) electrons. The van der Waals surface area contributed by atoms with Crippen molar-refractivity contribution in [1.29, 1.82) is 5.26 Å². The molecule has 0 amide bonds. The Balaban J connectivity index is 1.20. The van der Waals surface area contributed by atoms with Gasteiger partial charge in [0.25, 0.3) is 0 Å². The molecule has 0 unspecified atom stereocenters. The van der Waals surface area contributed by atoms with Crippen molar-refractivity contribution in [2.24, 2.45) is 5.92 Å². The maximum Gasteiger partial charge on any atom is 0.0991 e. The zero-order chi connectivity index (χ0) is 17.1. The third-order valence-electron chi connectivity index (χ3n) is 6.50. The van der Waals surface area contributed by atoms with Crippen LogP contribution in [0.15, 0.2) is 24.3 Å². The summed E-state index contributed by atoms with van der Waals surface area (Å²) in [5.41, 5.74) is 2.57. The first-order valence-electron chi connectivity index (χ1n) is 9.86. The Kier molecular flexibility index (Phi) is 5.08. The smallest absolute Gasteiger partial charge is 0.0991 e. The van der Waals surface area contributed by atoms with Crippen LogP contribution in [0.2, 0.25) is 0 Å². The number of hydrogen-bond acceptors (Lipinski definition) is 4.